The molecule has 180 valence electrons. The summed E-state index contributed by atoms with van der Waals surface area (Å²) in [5, 5.41) is 5.61. The van der Waals surface area contributed by atoms with Crippen molar-refractivity contribution < 1.29 is 9.21 Å². The lowest BCUT2D eigenvalue weighted by molar-refractivity contribution is -0.117. The summed E-state index contributed by atoms with van der Waals surface area (Å²) < 4.78 is 5.72. The van der Waals surface area contributed by atoms with Gasteiger partial charge in [0, 0.05) is 49.5 Å². The number of amides is 1. The number of anilines is 2. The maximum Gasteiger partial charge on any atom is 0.239 e. The van der Waals surface area contributed by atoms with Gasteiger partial charge in [-0.1, -0.05) is 6.07 Å². The molecule has 35 heavy (non-hydrogen) atoms. The Morgan fingerprint density at radius 2 is 1.86 bits per heavy atom. The molecule has 0 saturated carbocycles. The molecule has 1 aromatic carbocycles. The van der Waals surface area contributed by atoms with Crippen LogP contribution in [-0.2, 0) is 4.79 Å². The van der Waals surface area contributed by atoms with E-state index >= 15 is 0 Å². The molecule has 1 amide bonds. The zero-order valence-electron chi connectivity index (χ0n) is 20.1. The first-order chi connectivity index (χ1) is 16.9. The highest BCUT2D eigenvalue weighted by molar-refractivity contribution is 7.13. The molecule has 1 aliphatic rings. The summed E-state index contributed by atoms with van der Waals surface area (Å²) in [6, 6.07) is 12.0. The lowest BCUT2D eigenvalue weighted by Gasteiger charge is -2.36. The largest absolute Gasteiger partial charge is 0.458 e. The molecule has 0 unspecified atom stereocenters. The van der Waals surface area contributed by atoms with Crippen molar-refractivity contribution in [3.63, 3.8) is 0 Å². The Bertz CT molecular complexity index is 1330. The van der Waals surface area contributed by atoms with E-state index in [1.807, 2.05) is 24.4 Å². The normalized spacial score (nSPS) is 14.3. The van der Waals surface area contributed by atoms with Crippen LogP contribution in [0.25, 0.3) is 22.3 Å². The Hall–Kier alpha value is -3.56. The van der Waals surface area contributed by atoms with E-state index in [0.29, 0.717) is 29.6 Å². The first-order valence-electron chi connectivity index (χ1n) is 11.6. The van der Waals surface area contributed by atoms with Gasteiger partial charge in [0.1, 0.15) is 22.3 Å². The number of aryl methyl sites for hydroxylation is 3. The predicted octanol–water partition coefficient (Wildman–Crippen LogP) is 4.55. The van der Waals surface area contributed by atoms with E-state index < -0.39 is 0 Å². The topological polar surface area (TPSA) is 87.4 Å². The van der Waals surface area contributed by atoms with E-state index in [0.717, 1.165) is 36.9 Å². The fraction of sp³-hybridized carbons (Fsp3) is 0.308. The van der Waals surface area contributed by atoms with Gasteiger partial charge in [-0.05, 0) is 56.2 Å². The number of hydrogen-bond donors (Lipinski definition) is 1. The van der Waals surface area contributed by atoms with Crippen molar-refractivity contribution in [1.82, 2.24) is 19.9 Å². The van der Waals surface area contributed by atoms with E-state index in [2.05, 4.69) is 62.1 Å². The number of furan rings is 1. The van der Waals surface area contributed by atoms with Crippen molar-refractivity contribution in [1.29, 1.82) is 0 Å². The second-order valence-corrected chi connectivity index (χ2v) is 9.68. The van der Waals surface area contributed by atoms with Crippen molar-refractivity contribution in [3.05, 3.63) is 64.9 Å². The highest BCUT2D eigenvalue weighted by atomic mass is 32.1. The van der Waals surface area contributed by atoms with E-state index in [4.69, 9.17) is 4.42 Å². The summed E-state index contributed by atoms with van der Waals surface area (Å²) in [5.74, 6) is 2.08. The summed E-state index contributed by atoms with van der Waals surface area (Å²) in [5.41, 5.74) is 4.50. The summed E-state index contributed by atoms with van der Waals surface area (Å²) in [6.45, 7) is 9.88. The Labute approximate surface area is 208 Å². The minimum atomic E-state index is -0.102. The van der Waals surface area contributed by atoms with Gasteiger partial charge in [-0.2, -0.15) is 0 Å². The number of carbonyl (C=O) groups is 1. The molecule has 0 aliphatic carbocycles. The molecule has 9 heteroatoms. The highest BCUT2D eigenvalue weighted by Gasteiger charge is 2.21. The number of benzene rings is 1. The van der Waals surface area contributed by atoms with Gasteiger partial charge in [-0.3, -0.25) is 9.69 Å². The lowest BCUT2D eigenvalue weighted by atomic mass is 10.1. The molecular formula is C26H28N6O2S. The third kappa shape index (κ3) is 5.41. The third-order valence-electron chi connectivity index (χ3n) is 6.20. The molecule has 0 spiro atoms. The third-order valence-corrected chi connectivity index (χ3v) is 7.00. The molecule has 1 saturated heterocycles. The van der Waals surface area contributed by atoms with Crippen molar-refractivity contribution >= 4 is 28.7 Å². The summed E-state index contributed by atoms with van der Waals surface area (Å²) in [7, 11) is 0. The standard InChI is InChI=1S/C26H28N6O2S/c1-17-4-6-20(14-18(17)2)32-11-9-31(10-12-32)16-24(33)29-23-15-21(26-27-8-13-35-26)28-25(30-23)22-7-5-19(3)34-22/h4-8,13-15H,9-12,16H2,1-3H3,(H,28,29,30,33). The van der Waals surface area contributed by atoms with Crippen LogP contribution in [0.4, 0.5) is 11.5 Å². The summed E-state index contributed by atoms with van der Waals surface area (Å²) >= 11 is 1.48. The van der Waals surface area contributed by atoms with Crippen molar-refractivity contribution in [3.8, 4) is 22.3 Å². The first-order valence-corrected chi connectivity index (χ1v) is 12.5. The van der Waals surface area contributed by atoms with Crippen LogP contribution in [0.15, 0.2) is 52.4 Å². The van der Waals surface area contributed by atoms with Crippen molar-refractivity contribution in [2.24, 2.45) is 0 Å². The molecule has 1 N–H and O–H groups in total. The Morgan fingerprint density at radius 1 is 1.03 bits per heavy atom. The zero-order valence-corrected chi connectivity index (χ0v) is 20.9. The van der Waals surface area contributed by atoms with Gasteiger partial charge >= 0.3 is 0 Å². The monoisotopic (exact) mass is 488 g/mol. The van der Waals surface area contributed by atoms with Crippen LogP contribution < -0.4 is 10.2 Å². The number of carbonyl (C=O) groups excluding carboxylic acids is 1. The van der Waals surface area contributed by atoms with E-state index in [1.54, 1.807) is 12.3 Å². The van der Waals surface area contributed by atoms with Crippen molar-refractivity contribution in [2.75, 3.05) is 42.9 Å². The van der Waals surface area contributed by atoms with E-state index in [9.17, 15) is 4.79 Å². The molecule has 3 aromatic heterocycles. The van der Waals surface area contributed by atoms with Gasteiger partial charge in [0.2, 0.25) is 5.91 Å². The molecule has 4 aromatic rings. The maximum absolute atomic E-state index is 12.9. The minimum absolute atomic E-state index is 0.102. The average Bonchev–Trinajstić information content (AvgIpc) is 3.53. The Balaban J connectivity index is 1.25. The number of nitrogens with zero attached hydrogens (tertiary/aromatic N) is 5. The van der Waals surface area contributed by atoms with Gasteiger partial charge in [0.15, 0.2) is 11.6 Å². The van der Waals surface area contributed by atoms with Crippen LogP contribution in [0.5, 0.6) is 0 Å². The quantitative estimate of drug-likeness (QED) is 0.426. The first kappa shape index (κ1) is 23.2. The van der Waals surface area contributed by atoms with Gasteiger partial charge in [-0.15, -0.1) is 11.3 Å². The minimum Gasteiger partial charge on any atom is -0.458 e. The lowest BCUT2D eigenvalue weighted by Crippen LogP contribution is -2.48. The zero-order chi connectivity index (χ0) is 24.4. The van der Waals surface area contributed by atoms with Crippen LogP contribution in [0.2, 0.25) is 0 Å². The second kappa shape index (κ2) is 9.97. The second-order valence-electron chi connectivity index (χ2n) is 8.79. The summed E-state index contributed by atoms with van der Waals surface area (Å²) in [6.07, 6.45) is 1.73. The van der Waals surface area contributed by atoms with Crippen LogP contribution in [0.3, 0.4) is 0 Å². The number of thiazole rings is 1. The van der Waals surface area contributed by atoms with Crippen LogP contribution >= 0.6 is 11.3 Å². The molecule has 0 bridgehead atoms. The van der Waals surface area contributed by atoms with Gasteiger partial charge < -0.3 is 14.6 Å². The summed E-state index contributed by atoms with van der Waals surface area (Å²) in [4.78, 5) is 31.0. The van der Waals surface area contributed by atoms with Gasteiger partial charge in [-0.25, -0.2) is 15.0 Å². The van der Waals surface area contributed by atoms with Gasteiger partial charge in [0.05, 0.1) is 6.54 Å². The fourth-order valence-electron chi connectivity index (χ4n) is 4.11. The molecule has 1 aliphatic heterocycles. The Morgan fingerprint density at radius 3 is 2.54 bits per heavy atom. The SMILES string of the molecule is Cc1ccc(-c2nc(NC(=O)CN3CCN(c4ccc(C)c(C)c4)CC3)cc(-c3nccs3)n2)o1. The number of aromatic nitrogens is 3. The number of hydrogen-bond acceptors (Lipinski definition) is 8. The molecule has 0 radical (unpaired) electrons. The number of rotatable bonds is 6. The molecule has 5 rings (SSSR count). The average molecular weight is 489 g/mol. The molecule has 4 heterocycles. The van der Waals surface area contributed by atoms with Crippen LogP contribution in [0.1, 0.15) is 16.9 Å². The molecule has 0 atom stereocenters. The molecular weight excluding hydrogens is 460 g/mol. The Kier molecular flexibility index (Phi) is 6.61. The number of nitrogens with one attached hydrogen (secondary N) is 1. The van der Waals surface area contributed by atoms with Crippen molar-refractivity contribution in [2.45, 2.75) is 20.8 Å². The highest BCUT2D eigenvalue weighted by Crippen LogP contribution is 2.27. The molecule has 1 fully saturated rings. The van der Waals surface area contributed by atoms with E-state index in [-0.39, 0.29) is 5.91 Å². The number of piperazine rings is 1. The van der Waals surface area contributed by atoms with Gasteiger partial charge in [0.25, 0.3) is 0 Å². The smallest absolute Gasteiger partial charge is 0.239 e. The van der Waals surface area contributed by atoms with Crippen LogP contribution in [-0.4, -0.2) is 58.5 Å². The van der Waals surface area contributed by atoms with E-state index in [1.165, 1.54) is 28.2 Å². The molecule has 8 nitrogen and oxygen atoms in total. The predicted molar refractivity (Wildman–Crippen MR) is 139 cm³/mol. The fourth-order valence-corrected chi connectivity index (χ4v) is 4.71. The maximum atomic E-state index is 12.9. The van der Waals surface area contributed by atoms with Crippen LogP contribution in [0, 0.1) is 20.8 Å².